The normalized spacial score (nSPS) is 18.1. The molecule has 0 bridgehead atoms. The summed E-state index contributed by atoms with van der Waals surface area (Å²) in [5.41, 5.74) is 5.85. The van der Waals surface area contributed by atoms with Crippen molar-refractivity contribution in [2.24, 2.45) is 22.6 Å². The molecule has 20 heavy (non-hydrogen) atoms. The highest BCUT2D eigenvalue weighted by molar-refractivity contribution is 14.0. The number of nitrogens with zero attached hydrogens (tertiary/aromatic N) is 2. The number of piperidine rings is 1. The third-order valence-electron chi connectivity index (χ3n) is 4.00. The zero-order chi connectivity index (χ0) is 14.1. The standard InChI is InChI=1S/C15H32N4.HI/c1-4-19-11-7-14(8-12-19)6-10-18-15(16)17-9-5-13(2)3;/h13-14H,4-12H2,1-3H3,(H3,16,17,18);1H. The second-order valence-corrected chi connectivity index (χ2v) is 6.04. The van der Waals surface area contributed by atoms with Crippen LogP contribution < -0.4 is 11.1 Å². The Balaban J connectivity index is 0.00000361. The Morgan fingerprint density at radius 2 is 2.00 bits per heavy atom. The predicted octanol–water partition coefficient (Wildman–Crippen LogP) is 2.68. The van der Waals surface area contributed by atoms with Crippen molar-refractivity contribution in [3.8, 4) is 0 Å². The van der Waals surface area contributed by atoms with Gasteiger partial charge < -0.3 is 16.0 Å². The maximum atomic E-state index is 5.85. The highest BCUT2D eigenvalue weighted by Crippen LogP contribution is 2.19. The number of halogens is 1. The summed E-state index contributed by atoms with van der Waals surface area (Å²) >= 11 is 0. The Kier molecular flexibility index (Phi) is 11.6. The minimum absolute atomic E-state index is 0. The molecule has 0 radical (unpaired) electrons. The van der Waals surface area contributed by atoms with Gasteiger partial charge in [0, 0.05) is 13.1 Å². The highest BCUT2D eigenvalue weighted by atomic mass is 127. The lowest BCUT2D eigenvalue weighted by Gasteiger charge is -2.30. The van der Waals surface area contributed by atoms with Crippen LogP contribution in [0, 0.1) is 11.8 Å². The van der Waals surface area contributed by atoms with Gasteiger partial charge in [0.1, 0.15) is 0 Å². The zero-order valence-electron chi connectivity index (χ0n) is 13.4. The molecule has 0 aromatic rings. The zero-order valence-corrected chi connectivity index (χ0v) is 15.7. The molecule has 5 heteroatoms. The molecule has 1 aliphatic heterocycles. The smallest absolute Gasteiger partial charge is 0.188 e. The Morgan fingerprint density at radius 1 is 1.35 bits per heavy atom. The van der Waals surface area contributed by atoms with E-state index in [-0.39, 0.29) is 24.0 Å². The second-order valence-electron chi connectivity index (χ2n) is 6.04. The summed E-state index contributed by atoms with van der Waals surface area (Å²) in [5, 5.41) is 3.19. The van der Waals surface area contributed by atoms with E-state index in [0.717, 1.165) is 25.4 Å². The monoisotopic (exact) mass is 396 g/mol. The van der Waals surface area contributed by atoms with E-state index in [1.54, 1.807) is 0 Å². The molecule has 0 amide bonds. The lowest BCUT2D eigenvalue weighted by molar-refractivity contribution is 0.188. The van der Waals surface area contributed by atoms with Gasteiger partial charge in [-0.1, -0.05) is 20.8 Å². The number of hydrogen-bond donors (Lipinski definition) is 2. The Hall–Kier alpha value is -0.0400. The maximum Gasteiger partial charge on any atom is 0.188 e. The molecule has 1 aliphatic rings. The van der Waals surface area contributed by atoms with Crippen LogP contribution in [0.15, 0.2) is 4.99 Å². The molecule has 1 saturated heterocycles. The molecule has 0 unspecified atom stereocenters. The van der Waals surface area contributed by atoms with Crippen molar-refractivity contribution >= 4 is 29.9 Å². The van der Waals surface area contributed by atoms with Gasteiger partial charge in [-0.3, -0.25) is 4.99 Å². The topological polar surface area (TPSA) is 53.6 Å². The molecule has 0 spiro atoms. The van der Waals surface area contributed by atoms with Crippen LogP contribution in [-0.4, -0.2) is 43.6 Å². The Morgan fingerprint density at radius 3 is 2.55 bits per heavy atom. The van der Waals surface area contributed by atoms with E-state index < -0.39 is 0 Å². The molecule has 0 aromatic carbocycles. The van der Waals surface area contributed by atoms with Crippen molar-refractivity contribution in [2.75, 3.05) is 32.7 Å². The largest absolute Gasteiger partial charge is 0.370 e. The number of nitrogens with two attached hydrogens (primary N) is 1. The van der Waals surface area contributed by atoms with E-state index >= 15 is 0 Å². The highest BCUT2D eigenvalue weighted by Gasteiger charge is 2.17. The summed E-state index contributed by atoms with van der Waals surface area (Å²) in [5.74, 6) is 2.17. The molecule has 3 N–H and O–H groups in total. The van der Waals surface area contributed by atoms with Gasteiger partial charge >= 0.3 is 0 Å². The lowest BCUT2D eigenvalue weighted by Crippen LogP contribution is -2.34. The molecule has 4 nitrogen and oxygen atoms in total. The fourth-order valence-electron chi connectivity index (χ4n) is 2.50. The number of nitrogens with one attached hydrogen (secondary N) is 1. The average molecular weight is 396 g/mol. The van der Waals surface area contributed by atoms with Gasteiger partial charge in [0.05, 0.1) is 0 Å². The fourth-order valence-corrected chi connectivity index (χ4v) is 2.50. The summed E-state index contributed by atoms with van der Waals surface area (Å²) in [7, 11) is 0. The Bertz CT molecular complexity index is 261. The lowest BCUT2D eigenvalue weighted by atomic mass is 9.94. The number of rotatable bonds is 7. The molecule has 120 valence electrons. The van der Waals surface area contributed by atoms with E-state index in [1.165, 1.54) is 38.9 Å². The van der Waals surface area contributed by atoms with Gasteiger partial charge in [-0.05, 0) is 57.2 Å². The van der Waals surface area contributed by atoms with Crippen LogP contribution in [0.5, 0.6) is 0 Å². The molecular formula is C15H33IN4. The van der Waals surface area contributed by atoms with Crippen LogP contribution in [0.4, 0.5) is 0 Å². The molecule has 1 heterocycles. The fraction of sp³-hybridized carbons (Fsp3) is 0.933. The third-order valence-corrected chi connectivity index (χ3v) is 4.00. The van der Waals surface area contributed by atoms with E-state index in [1.807, 2.05) is 0 Å². The molecule has 0 saturated carbocycles. The van der Waals surface area contributed by atoms with Crippen LogP contribution in [0.25, 0.3) is 0 Å². The van der Waals surface area contributed by atoms with Crippen LogP contribution in [-0.2, 0) is 0 Å². The molecule has 1 fully saturated rings. The first-order valence-electron chi connectivity index (χ1n) is 7.88. The summed E-state index contributed by atoms with van der Waals surface area (Å²) in [6, 6.07) is 0. The molecule has 0 atom stereocenters. The molecule has 1 rings (SSSR count). The van der Waals surface area contributed by atoms with E-state index in [2.05, 4.69) is 36.0 Å². The minimum Gasteiger partial charge on any atom is -0.370 e. The summed E-state index contributed by atoms with van der Waals surface area (Å²) in [6.07, 6.45) is 4.98. The maximum absolute atomic E-state index is 5.85. The van der Waals surface area contributed by atoms with Gasteiger partial charge in [-0.2, -0.15) is 0 Å². The summed E-state index contributed by atoms with van der Waals surface area (Å²) in [6.45, 7) is 12.2. The van der Waals surface area contributed by atoms with Crippen molar-refractivity contribution in [2.45, 2.75) is 46.5 Å². The quantitative estimate of drug-likeness (QED) is 0.395. The molecule has 0 aliphatic carbocycles. The summed E-state index contributed by atoms with van der Waals surface area (Å²) < 4.78 is 0. The van der Waals surface area contributed by atoms with E-state index in [0.29, 0.717) is 11.9 Å². The van der Waals surface area contributed by atoms with Crippen molar-refractivity contribution < 1.29 is 0 Å². The number of aliphatic imine (C=N–C) groups is 1. The third kappa shape index (κ3) is 9.00. The van der Waals surface area contributed by atoms with Crippen molar-refractivity contribution in [1.29, 1.82) is 0 Å². The molecular weight excluding hydrogens is 363 g/mol. The Labute approximate surface area is 142 Å². The van der Waals surface area contributed by atoms with E-state index in [9.17, 15) is 0 Å². The number of likely N-dealkylation sites (tertiary alicyclic amines) is 1. The van der Waals surface area contributed by atoms with Crippen LogP contribution in [0.1, 0.15) is 46.5 Å². The summed E-state index contributed by atoms with van der Waals surface area (Å²) in [4.78, 5) is 6.95. The van der Waals surface area contributed by atoms with Gasteiger partial charge in [-0.25, -0.2) is 0 Å². The van der Waals surface area contributed by atoms with Crippen LogP contribution in [0.2, 0.25) is 0 Å². The predicted molar refractivity (Wildman–Crippen MR) is 98.8 cm³/mol. The molecule has 0 aromatic heterocycles. The van der Waals surface area contributed by atoms with Crippen molar-refractivity contribution in [3.05, 3.63) is 0 Å². The van der Waals surface area contributed by atoms with Gasteiger partial charge in [-0.15, -0.1) is 24.0 Å². The van der Waals surface area contributed by atoms with Gasteiger partial charge in [0.2, 0.25) is 0 Å². The SMILES string of the molecule is CCN1CCC(CCN=C(N)NCCC(C)C)CC1.I. The van der Waals surface area contributed by atoms with E-state index in [4.69, 9.17) is 5.73 Å². The van der Waals surface area contributed by atoms with Gasteiger partial charge in [0.15, 0.2) is 5.96 Å². The first kappa shape index (κ1) is 20.0. The first-order valence-corrected chi connectivity index (χ1v) is 7.88. The van der Waals surface area contributed by atoms with Crippen LogP contribution in [0.3, 0.4) is 0 Å². The second kappa shape index (κ2) is 11.6. The average Bonchev–Trinajstić information content (AvgIpc) is 2.39. The van der Waals surface area contributed by atoms with Crippen LogP contribution >= 0.6 is 24.0 Å². The van der Waals surface area contributed by atoms with Crippen molar-refractivity contribution in [3.63, 3.8) is 0 Å². The number of guanidine groups is 1. The first-order chi connectivity index (χ1) is 9.11. The minimum atomic E-state index is 0. The van der Waals surface area contributed by atoms with Gasteiger partial charge in [0.25, 0.3) is 0 Å². The number of hydrogen-bond acceptors (Lipinski definition) is 2. The van der Waals surface area contributed by atoms with Crippen molar-refractivity contribution in [1.82, 2.24) is 10.2 Å².